The number of rotatable bonds is 2. The fourth-order valence-electron chi connectivity index (χ4n) is 6.94. The number of carbonyl (C=O) groups is 1. The van der Waals surface area contributed by atoms with E-state index in [0.29, 0.717) is 10.8 Å². The summed E-state index contributed by atoms with van der Waals surface area (Å²) in [6.45, 7) is 5.03. The SMILES string of the molecule is C[C@@]12CCC[C@@H]1[C@H]1CC=C3C[C@H](OC(=O)C(Cl)Cl)CC[C@]3(C)[C@@H]1CC2. The number of carbonyl (C=O) groups excluding carboxylic acids is 1. The Bertz CT molecular complexity index is 586. The topological polar surface area (TPSA) is 26.3 Å². The van der Waals surface area contributed by atoms with Crippen molar-refractivity contribution >= 4 is 29.2 Å². The highest BCUT2D eigenvalue weighted by Crippen LogP contribution is 2.64. The lowest BCUT2D eigenvalue weighted by Crippen LogP contribution is -2.49. The van der Waals surface area contributed by atoms with E-state index in [1.165, 1.54) is 44.1 Å². The van der Waals surface area contributed by atoms with E-state index in [2.05, 4.69) is 19.9 Å². The molecule has 0 aromatic carbocycles. The first-order valence-electron chi connectivity index (χ1n) is 10.0. The lowest BCUT2D eigenvalue weighted by atomic mass is 9.48. The Morgan fingerprint density at radius 3 is 2.72 bits per heavy atom. The summed E-state index contributed by atoms with van der Waals surface area (Å²) in [5.41, 5.74) is 2.43. The van der Waals surface area contributed by atoms with Crippen LogP contribution in [0.2, 0.25) is 0 Å². The fourth-order valence-corrected chi connectivity index (χ4v) is 7.04. The summed E-state index contributed by atoms with van der Waals surface area (Å²) in [6.07, 6.45) is 13.7. The van der Waals surface area contributed by atoms with Gasteiger partial charge >= 0.3 is 5.97 Å². The van der Waals surface area contributed by atoms with Gasteiger partial charge in [0.25, 0.3) is 0 Å². The summed E-state index contributed by atoms with van der Waals surface area (Å²) in [4.78, 5) is 10.7. The Labute approximate surface area is 161 Å². The average molecular weight is 385 g/mol. The molecule has 4 aliphatic rings. The van der Waals surface area contributed by atoms with Crippen molar-refractivity contribution in [1.82, 2.24) is 0 Å². The lowest BCUT2D eigenvalue weighted by Gasteiger charge is -2.57. The zero-order valence-electron chi connectivity index (χ0n) is 15.4. The highest BCUT2D eigenvalue weighted by atomic mass is 35.5. The molecule has 0 bridgehead atoms. The maximum absolute atomic E-state index is 11.7. The van der Waals surface area contributed by atoms with Crippen molar-refractivity contribution in [1.29, 1.82) is 0 Å². The van der Waals surface area contributed by atoms with Crippen LogP contribution in [-0.2, 0) is 9.53 Å². The molecule has 0 aromatic heterocycles. The standard InChI is InChI=1S/C21H30Cl2O2/c1-20-9-3-4-16(20)15-6-5-13-12-14(25-19(24)18(22)23)7-11-21(13,2)17(15)8-10-20/h5,14-18H,3-4,6-12H2,1-2H3/t14-,15-,16-,17-,20+,21+/m1/s1. The molecule has 0 N–H and O–H groups in total. The molecule has 0 aliphatic heterocycles. The summed E-state index contributed by atoms with van der Waals surface area (Å²) in [6, 6.07) is 0. The van der Waals surface area contributed by atoms with E-state index in [9.17, 15) is 4.79 Å². The number of ether oxygens (including phenoxy) is 1. The summed E-state index contributed by atoms with van der Waals surface area (Å²) < 4.78 is 5.52. The van der Waals surface area contributed by atoms with Crippen LogP contribution in [0.25, 0.3) is 0 Å². The number of halogens is 2. The molecule has 0 spiro atoms. The first kappa shape index (κ1) is 18.2. The Morgan fingerprint density at radius 1 is 1.16 bits per heavy atom. The normalized spacial score (nSPS) is 46.0. The van der Waals surface area contributed by atoms with Gasteiger partial charge in [0.2, 0.25) is 4.84 Å². The molecule has 0 amide bonds. The Balaban J connectivity index is 1.52. The molecule has 0 unspecified atom stereocenters. The van der Waals surface area contributed by atoms with Crippen LogP contribution in [0.3, 0.4) is 0 Å². The van der Waals surface area contributed by atoms with Crippen molar-refractivity contribution in [3.63, 3.8) is 0 Å². The summed E-state index contributed by atoms with van der Waals surface area (Å²) in [7, 11) is 0. The lowest BCUT2D eigenvalue weighted by molar-refractivity contribution is -0.149. The zero-order chi connectivity index (χ0) is 17.8. The molecule has 6 atom stereocenters. The van der Waals surface area contributed by atoms with Crippen LogP contribution in [0.1, 0.15) is 71.6 Å². The first-order valence-corrected chi connectivity index (χ1v) is 10.9. The maximum atomic E-state index is 11.7. The van der Waals surface area contributed by atoms with Gasteiger partial charge in [0.15, 0.2) is 0 Å². The van der Waals surface area contributed by atoms with Crippen molar-refractivity contribution in [2.24, 2.45) is 28.6 Å². The van der Waals surface area contributed by atoms with Crippen LogP contribution in [-0.4, -0.2) is 16.9 Å². The fraction of sp³-hybridized carbons (Fsp3) is 0.857. The molecule has 140 valence electrons. The minimum Gasteiger partial charge on any atom is -0.460 e. The Morgan fingerprint density at radius 2 is 1.96 bits per heavy atom. The Hall–Kier alpha value is -0.210. The van der Waals surface area contributed by atoms with Gasteiger partial charge in [-0.25, -0.2) is 4.79 Å². The largest absolute Gasteiger partial charge is 0.460 e. The van der Waals surface area contributed by atoms with Gasteiger partial charge in [0.05, 0.1) is 0 Å². The molecule has 4 heteroatoms. The van der Waals surface area contributed by atoms with E-state index in [1.807, 2.05) is 0 Å². The molecule has 0 aromatic rings. The molecule has 0 heterocycles. The quantitative estimate of drug-likeness (QED) is 0.328. The van der Waals surface area contributed by atoms with Crippen LogP contribution in [0.15, 0.2) is 11.6 Å². The molecule has 0 radical (unpaired) electrons. The minimum atomic E-state index is -1.07. The van der Waals surface area contributed by atoms with E-state index < -0.39 is 10.8 Å². The maximum Gasteiger partial charge on any atom is 0.339 e. The van der Waals surface area contributed by atoms with Gasteiger partial charge in [-0.05, 0) is 73.5 Å². The number of alkyl halides is 2. The van der Waals surface area contributed by atoms with Gasteiger partial charge in [-0.2, -0.15) is 0 Å². The first-order chi connectivity index (χ1) is 11.8. The van der Waals surface area contributed by atoms with Gasteiger partial charge < -0.3 is 4.74 Å². The van der Waals surface area contributed by atoms with Gasteiger partial charge in [-0.3, -0.25) is 0 Å². The molecule has 2 nitrogen and oxygen atoms in total. The summed E-state index contributed by atoms with van der Waals surface area (Å²) in [5.74, 6) is 2.11. The van der Waals surface area contributed by atoms with Crippen LogP contribution < -0.4 is 0 Å². The van der Waals surface area contributed by atoms with Gasteiger partial charge in [0.1, 0.15) is 6.10 Å². The van der Waals surface area contributed by atoms with Gasteiger partial charge in [-0.15, -0.1) is 0 Å². The predicted octanol–water partition coefficient (Wildman–Crippen LogP) is 6.05. The third-order valence-corrected chi connectivity index (χ3v) is 8.66. The molecule has 25 heavy (non-hydrogen) atoms. The van der Waals surface area contributed by atoms with E-state index >= 15 is 0 Å². The average Bonchev–Trinajstić information content (AvgIpc) is 2.96. The van der Waals surface area contributed by atoms with Crippen LogP contribution in [0.5, 0.6) is 0 Å². The molecular formula is C21H30Cl2O2. The highest BCUT2D eigenvalue weighted by Gasteiger charge is 2.55. The summed E-state index contributed by atoms with van der Waals surface area (Å²) >= 11 is 11.3. The monoisotopic (exact) mass is 384 g/mol. The van der Waals surface area contributed by atoms with Crippen molar-refractivity contribution in [2.45, 2.75) is 82.6 Å². The molecule has 3 fully saturated rings. The van der Waals surface area contributed by atoms with Crippen LogP contribution in [0.4, 0.5) is 0 Å². The number of hydrogen-bond acceptors (Lipinski definition) is 2. The highest BCUT2D eigenvalue weighted by molar-refractivity contribution is 6.52. The second-order valence-electron chi connectivity index (χ2n) is 9.45. The number of fused-ring (bicyclic) bond motifs is 5. The second-order valence-corrected chi connectivity index (χ2v) is 10.5. The smallest absolute Gasteiger partial charge is 0.339 e. The number of hydrogen-bond donors (Lipinski definition) is 0. The molecule has 3 saturated carbocycles. The Kier molecular flexibility index (Phi) is 4.68. The van der Waals surface area contributed by atoms with E-state index in [-0.39, 0.29) is 6.10 Å². The molecule has 4 aliphatic carbocycles. The van der Waals surface area contributed by atoms with E-state index in [4.69, 9.17) is 27.9 Å². The molecular weight excluding hydrogens is 355 g/mol. The van der Waals surface area contributed by atoms with Gasteiger partial charge in [-0.1, -0.05) is 55.1 Å². The van der Waals surface area contributed by atoms with E-state index in [0.717, 1.165) is 37.0 Å². The second kappa shape index (κ2) is 6.44. The predicted molar refractivity (Wildman–Crippen MR) is 102 cm³/mol. The molecule has 4 rings (SSSR count). The zero-order valence-corrected chi connectivity index (χ0v) is 16.9. The van der Waals surface area contributed by atoms with Gasteiger partial charge in [0, 0.05) is 6.42 Å². The van der Waals surface area contributed by atoms with Crippen molar-refractivity contribution < 1.29 is 9.53 Å². The minimum absolute atomic E-state index is 0.0521. The van der Waals surface area contributed by atoms with Crippen molar-refractivity contribution in [3.05, 3.63) is 11.6 Å². The van der Waals surface area contributed by atoms with Crippen molar-refractivity contribution in [2.75, 3.05) is 0 Å². The molecule has 0 saturated heterocycles. The number of allylic oxidation sites excluding steroid dienone is 1. The van der Waals surface area contributed by atoms with Crippen molar-refractivity contribution in [3.8, 4) is 0 Å². The third kappa shape index (κ3) is 2.96. The summed E-state index contributed by atoms with van der Waals surface area (Å²) in [5, 5.41) is 0. The van der Waals surface area contributed by atoms with Crippen LogP contribution in [0, 0.1) is 28.6 Å². The van der Waals surface area contributed by atoms with E-state index in [1.54, 1.807) is 0 Å². The van der Waals surface area contributed by atoms with Crippen LogP contribution >= 0.6 is 23.2 Å². The third-order valence-electron chi connectivity index (χ3n) is 8.30. The number of esters is 1.